The maximum atomic E-state index is 10.3. The maximum absolute atomic E-state index is 10.3. The number of nitrogens with zero attached hydrogens (tertiary/aromatic N) is 2. The number of rotatable bonds is 3. The molecule has 1 N–H and O–H groups in total. The van der Waals surface area contributed by atoms with E-state index in [1.54, 1.807) is 6.20 Å². The highest BCUT2D eigenvalue weighted by Crippen LogP contribution is 2.18. The summed E-state index contributed by atoms with van der Waals surface area (Å²) in [6.45, 7) is 2.05. The average molecular weight is 264 g/mol. The fourth-order valence-electron chi connectivity index (χ4n) is 2.18. The smallest absolute Gasteiger partial charge is 0.102 e. The molecular weight excluding hydrogens is 248 g/mol. The number of hydrogen-bond acceptors (Lipinski definition) is 3. The topological polar surface area (TPSA) is 46.0 Å². The van der Waals surface area contributed by atoms with Gasteiger partial charge in [0.05, 0.1) is 22.9 Å². The molecule has 2 aromatic carbocycles. The Morgan fingerprint density at radius 1 is 1.00 bits per heavy atom. The second-order valence-corrected chi connectivity index (χ2v) is 4.99. The summed E-state index contributed by atoms with van der Waals surface area (Å²) in [6, 6.07) is 15.8. The third-order valence-electron chi connectivity index (χ3n) is 3.36. The predicted octanol–water partition coefficient (Wildman–Crippen LogP) is 3.21. The van der Waals surface area contributed by atoms with Gasteiger partial charge in [-0.1, -0.05) is 42.0 Å². The lowest BCUT2D eigenvalue weighted by Crippen LogP contribution is -2.05. The molecule has 0 amide bonds. The van der Waals surface area contributed by atoms with Gasteiger partial charge in [-0.05, 0) is 24.6 Å². The minimum absolute atomic E-state index is 0.549. The first-order valence-electron chi connectivity index (χ1n) is 6.68. The minimum Gasteiger partial charge on any atom is -0.386 e. The molecule has 0 aliphatic heterocycles. The monoisotopic (exact) mass is 264 g/mol. The van der Waals surface area contributed by atoms with Crippen LogP contribution in [0.2, 0.25) is 0 Å². The van der Waals surface area contributed by atoms with Gasteiger partial charge in [0, 0.05) is 6.42 Å². The molecule has 1 heterocycles. The van der Waals surface area contributed by atoms with Gasteiger partial charge in [-0.2, -0.15) is 0 Å². The van der Waals surface area contributed by atoms with E-state index in [1.165, 1.54) is 5.56 Å². The van der Waals surface area contributed by atoms with Crippen LogP contribution in [0.25, 0.3) is 11.0 Å². The number of benzene rings is 2. The molecule has 1 aromatic heterocycles. The molecule has 0 aliphatic rings. The Morgan fingerprint density at radius 3 is 2.45 bits per heavy atom. The maximum Gasteiger partial charge on any atom is 0.102 e. The molecule has 0 bridgehead atoms. The van der Waals surface area contributed by atoms with Gasteiger partial charge in [-0.3, -0.25) is 4.98 Å². The normalized spacial score (nSPS) is 12.5. The SMILES string of the molecule is Cc1ccc(CC(O)c2cnc3ccccc3n2)cc1. The van der Waals surface area contributed by atoms with Crippen molar-refractivity contribution in [3.63, 3.8) is 0 Å². The van der Waals surface area contributed by atoms with E-state index in [0.717, 1.165) is 16.6 Å². The van der Waals surface area contributed by atoms with Crippen LogP contribution in [0.3, 0.4) is 0 Å². The second-order valence-electron chi connectivity index (χ2n) is 4.99. The van der Waals surface area contributed by atoms with Crippen LogP contribution >= 0.6 is 0 Å². The summed E-state index contributed by atoms with van der Waals surface area (Å²) >= 11 is 0. The van der Waals surface area contributed by atoms with E-state index in [1.807, 2.05) is 48.5 Å². The Morgan fingerprint density at radius 2 is 1.70 bits per heavy atom. The van der Waals surface area contributed by atoms with Crippen molar-refractivity contribution in [1.82, 2.24) is 9.97 Å². The lowest BCUT2D eigenvalue weighted by molar-refractivity contribution is 0.173. The first-order valence-corrected chi connectivity index (χ1v) is 6.68. The quantitative estimate of drug-likeness (QED) is 0.790. The fraction of sp³-hybridized carbons (Fsp3) is 0.176. The van der Waals surface area contributed by atoms with Gasteiger partial charge in [0.15, 0.2) is 0 Å². The molecule has 0 saturated heterocycles. The van der Waals surface area contributed by atoms with Crippen LogP contribution in [-0.2, 0) is 6.42 Å². The number of para-hydroxylation sites is 2. The van der Waals surface area contributed by atoms with E-state index in [2.05, 4.69) is 16.9 Å². The second kappa shape index (κ2) is 5.39. The highest BCUT2D eigenvalue weighted by atomic mass is 16.3. The highest BCUT2D eigenvalue weighted by Gasteiger charge is 2.11. The van der Waals surface area contributed by atoms with E-state index in [-0.39, 0.29) is 0 Å². The van der Waals surface area contributed by atoms with E-state index in [9.17, 15) is 5.11 Å². The van der Waals surface area contributed by atoms with Crippen LogP contribution < -0.4 is 0 Å². The molecule has 3 heteroatoms. The van der Waals surface area contributed by atoms with Crippen molar-refractivity contribution in [1.29, 1.82) is 0 Å². The molecule has 1 unspecified atom stereocenters. The van der Waals surface area contributed by atoms with E-state index in [0.29, 0.717) is 12.1 Å². The molecule has 0 spiro atoms. The van der Waals surface area contributed by atoms with Gasteiger partial charge in [-0.25, -0.2) is 4.98 Å². The lowest BCUT2D eigenvalue weighted by Gasteiger charge is -2.10. The zero-order valence-corrected chi connectivity index (χ0v) is 11.3. The Kier molecular flexibility index (Phi) is 3.44. The van der Waals surface area contributed by atoms with Crippen LogP contribution in [0.4, 0.5) is 0 Å². The Labute approximate surface area is 117 Å². The van der Waals surface area contributed by atoms with E-state index in [4.69, 9.17) is 0 Å². The van der Waals surface area contributed by atoms with Crippen LogP contribution in [-0.4, -0.2) is 15.1 Å². The molecule has 20 heavy (non-hydrogen) atoms. The standard InChI is InChI=1S/C17H16N2O/c1-12-6-8-13(9-7-12)10-17(20)16-11-18-14-4-2-3-5-15(14)19-16/h2-9,11,17,20H,10H2,1H3. The van der Waals surface area contributed by atoms with Gasteiger partial charge in [0.25, 0.3) is 0 Å². The van der Waals surface area contributed by atoms with Crippen molar-refractivity contribution in [2.45, 2.75) is 19.4 Å². The molecule has 0 radical (unpaired) electrons. The zero-order valence-electron chi connectivity index (χ0n) is 11.3. The Hall–Kier alpha value is -2.26. The first kappa shape index (κ1) is 12.8. The fourth-order valence-corrected chi connectivity index (χ4v) is 2.18. The number of aromatic nitrogens is 2. The number of aryl methyl sites for hydroxylation is 1. The summed E-state index contributed by atoms with van der Waals surface area (Å²) in [6.07, 6.45) is 1.57. The van der Waals surface area contributed by atoms with Crippen molar-refractivity contribution in [3.05, 3.63) is 71.5 Å². The Balaban J connectivity index is 1.84. The van der Waals surface area contributed by atoms with Crippen LogP contribution in [0.5, 0.6) is 0 Å². The largest absolute Gasteiger partial charge is 0.386 e. The van der Waals surface area contributed by atoms with Crippen LogP contribution in [0, 0.1) is 6.92 Å². The van der Waals surface area contributed by atoms with Gasteiger partial charge in [0.1, 0.15) is 6.10 Å². The van der Waals surface area contributed by atoms with Gasteiger partial charge in [-0.15, -0.1) is 0 Å². The highest BCUT2D eigenvalue weighted by molar-refractivity contribution is 5.73. The van der Waals surface area contributed by atoms with E-state index >= 15 is 0 Å². The summed E-state index contributed by atoms with van der Waals surface area (Å²) in [4.78, 5) is 8.81. The van der Waals surface area contributed by atoms with Crippen LogP contribution in [0.1, 0.15) is 22.9 Å². The summed E-state index contributed by atoms with van der Waals surface area (Å²) in [5.41, 5.74) is 4.59. The summed E-state index contributed by atoms with van der Waals surface area (Å²) < 4.78 is 0. The third kappa shape index (κ3) is 2.68. The van der Waals surface area contributed by atoms with Crippen molar-refractivity contribution in [2.24, 2.45) is 0 Å². The minimum atomic E-state index is -0.630. The average Bonchev–Trinajstić information content (AvgIpc) is 2.49. The number of fused-ring (bicyclic) bond motifs is 1. The molecule has 0 fully saturated rings. The van der Waals surface area contributed by atoms with Gasteiger partial charge in [0.2, 0.25) is 0 Å². The number of aliphatic hydroxyl groups is 1. The Bertz CT molecular complexity index is 722. The molecule has 100 valence electrons. The number of hydrogen-bond donors (Lipinski definition) is 1. The van der Waals surface area contributed by atoms with Gasteiger partial charge < -0.3 is 5.11 Å². The molecular formula is C17H16N2O. The predicted molar refractivity (Wildman–Crippen MR) is 79.4 cm³/mol. The molecule has 0 aliphatic carbocycles. The van der Waals surface area contributed by atoms with Crippen molar-refractivity contribution in [3.8, 4) is 0 Å². The van der Waals surface area contributed by atoms with Crippen molar-refractivity contribution >= 4 is 11.0 Å². The lowest BCUT2D eigenvalue weighted by atomic mass is 10.0. The van der Waals surface area contributed by atoms with Gasteiger partial charge >= 0.3 is 0 Å². The molecule has 3 aromatic rings. The molecule has 0 saturated carbocycles. The third-order valence-corrected chi connectivity index (χ3v) is 3.36. The first-order chi connectivity index (χ1) is 9.72. The van der Waals surface area contributed by atoms with Crippen LogP contribution in [0.15, 0.2) is 54.7 Å². The van der Waals surface area contributed by atoms with Crippen molar-refractivity contribution in [2.75, 3.05) is 0 Å². The number of aliphatic hydroxyl groups excluding tert-OH is 1. The summed E-state index contributed by atoms with van der Waals surface area (Å²) in [5.74, 6) is 0. The summed E-state index contributed by atoms with van der Waals surface area (Å²) in [7, 11) is 0. The molecule has 3 nitrogen and oxygen atoms in total. The van der Waals surface area contributed by atoms with Crippen molar-refractivity contribution < 1.29 is 5.11 Å². The zero-order chi connectivity index (χ0) is 13.9. The summed E-state index contributed by atoms with van der Waals surface area (Å²) in [5, 5.41) is 10.3. The molecule has 3 rings (SSSR count). The molecule has 1 atom stereocenters. The van der Waals surface area contributed by atoms with E-state index < -0.39 is 6.10 Å².